The summed E-state index contributed by atoms with van der Waals surface area (Å²) in [6.07, 6.45) is 0.258. The average molecular weight is 162 g/mol. The van der Waals surface area contributed by atoms with Crippen LogP contribution in [0, 0.1) is 11.3 Å². The fourth-order valence-corrected chi connectivity index (χ4v) is 1.88. The second kappa shape index (κ2) is 1.57. The van der Waals surface area contributed by atoms with E-state index in [1.807, 2.05) is 0 Å². The monoisotopic (exact) mass is 162 g/mol. The lowest BCUT2D eigenvalue weighted by molar-refractivity contribution is -0.149. The quantitative estimate of drug-likeness (QED) is 0.634. The average Bonchev–Trinajstić information content (AvgIpc) is 2.29. The van der Waals surface area contributed by atoms with Crippen LogP contribution in [0.2, 0.25) is 0 Å². The highest BCUT2D eigenvalue weighted by Crippen LogP contribution is 2.72. The first-order valence-corrected chi connectivity index (χ1v) is 3.58. The van der Waals surface area contributed by atoms with Crippen LogP contribution in [-0.2, 0) is 4.79 Å². The molecule has 0 heterocycles. The van der Waals surface area contributed by atoms with E-state index in [1.54, 1.807) is 0 Å². The molecule has 2 rings (SSSR count). The van der Waals surface area contributed by atoms with Gasteiger partial charge in [-0.3, -0.25) is 4.79 Å². The Morgan fingerprint density at radius 1 is 1.45 bits per heavy atom. The third-order valence-electron chi connectivity index (χ3n) is 2.83. The van der Waals surface area contributed by atoms with Gasteiger partial charge in [0, 0.05) is 11.8 Å². The van der Waals surface area contributed by atoms with Crippen LogP contribution in [0.3, 0.4) is 0 Å². The van der Waals surface area contributed by atoms with Gasteiger partial charge in [0.05, 0.1) is 5.92 Å². The lowest BCUT2D eigenvalue weighted by atomic mass is 9.71. The fourth-order valence-electron chi connectivity index (χ4n) is 1.88. The first-order valence-electron chi connectivity index (χ1n) is 3.58. The molecule has 0 aromatic carbocycles. The van der Waals surface area contributed by atoms with Crippen molar-refractivity contribution in [2.24, 2.45) is 11.3 Å². The number of alkyl halides is 2. The van der Waals surface area contributed by atoms with Gasteiger partial charge in [0.1, 0.15) is 0 Å². The third-order valence-corrected chi connectivity index (χ3v) is 2.83. The minimum absolute atomic E-state index is 0.0935. The Kier molecular flexibility index (Phi) is 0.997. The highest BCUT2D eigenvalue weighted by atomic mass is 19.3. The minimum Gasteiger partial charge on any atom is -0.481 e. The maximum absolute atomic E-state index is 12.5. The molecule has 11 heavy (non-hydrogen) atoms. The van der Waals surface area contributed by atoms with E-state index in [9.17, 15) is 13.6 Å². The molecule has 0 atom stereocenters. The molecule has 0 aliphatic heterocycles. The van der Waals surface area contributed by atoms with Gasteiger partial charge in [-0.05, 0) is 12.8 Å². The maximum Gasteiger partial charge on any atom is 0.306 e. The minimum atomic E-state index is -2.56. The molecule has 0 unspecified atom stereocenters. The van der Waals surface area contributed by atoms with Gasteiger partial charge in [-0.25, -0.2) is 8.78 Å². The van der Waals surface area contributed by atoms with E-state index >= 15 is 0 Å². The van der Waals surface area contributed by atoms with Crippen LogP contribution in [0.25, 0.3) is 0 Å². The number of hydrogen-bond acceptors (Lipinski definition) is 1. The predicted molar refractivity (Wildman–Crippen MR) is 32.4 cm³/mol. The number of halogens is 2. The molecule has 2 fully saturated rings. The number of carboxylic acids is 1. The Morgan fingerprint density at radius 2 is 1.91 bits per heavy atom. The number of carboxylic acid groups (broad SMARTS) is 1. The molecule has 0 amide bonds. The van der Waals surface area contributed by atoms with Crippen LogP contribution in [0.15, 0.2) is 0 Å². The van der Waals surface area contributed by atoms with E-state index in [0.717, 1.165) is 0 Å². The summed E-state index contributed by atoms with van der Waals surface area (Å²) in [7, 11) is 0. The van der Waals surface area contributed by atoms with Gasteiger partial charge in [0.2, 0.25) is 0 Å². The highest BCUT2D eigenvalue weighted by Gasteiger charge is 2.76. The standard InChI is InChI=1S/C7H8F2O2/c8-7(9)3-6(7)1-4(2-6)5(10)11/h4H,1-3H2,(H,10,11)/t4-,6+. The number of rotatable bonds is 1. The molecule has 0 saturated heterocycles. The molecule has 1 spiro atoms. The molecule has 2 aliphatic carbocycles. The Labute approximate surface area is 62.2 Å². The normalized spacial score (nSPS) is 45.1. The molecule has 0 bridgehead atoms. The second-order valence-corrected chi connectivity index (χ2v) is 3.60. The third kappa shape index (κ3) is 0.723. The smallest absolute Gasteiger partial charge is 0.306 e. The Balaban J connectivity index is 1.95. The van der Waals surface area contributed by atoms with Gasteiger partial charge in [0.15, 0.2) is 0 Å². The van der Waals surface area contributed by atoms with Gasteiger partial charge >= 0.3 is 5.97 Å². The number of carbonyl (C=O) groups is 1. The Bertz CT molecular complexity index is 218. The summed E-state index contributed by atoms with van der Waals surface area (Å²) in [5.41, 5.74) is -0.893. The van der Waals surface area contributed by atoms with Crippen molar-refractivity contribution in [1.82, 2.24) is 0 Å². The van der Waals surface area contributed by atoms with Gasteiger partial charge in [0.25, 0.3) is 5.92 Å². The van der Waals surface area contributed by atoms with Gasteiger partial charge < -0.3 is 5.11 Å². The van der Waals surface area contributed by atoms with Gasteiger partial charge in [-0.2, -0.15) is 0 Å². The molecule has 0 aromatic rings. The Morgan fingerprint density at radius 3 is 2.18 bits per heavy atom. The van der Waals surface area contributed by atoms with Crippen LogP contribution in [0.4, 0.5) is 8.78 Å². The molecule has 2 nitrogen and oxygen atoms in total. The van der Waals surface area contributed by atoms with Crippen molar-refractivity contribution in [2.45, 2.75) is 25.2 Å². The fraction of sp³-hybridized carbons (Fsp3) is 0.857. The van der Waals surface area contributed by atoms with Crippen LogP contribution in [0.5, 0.6) is 0 Å². The first-order chi connectivity index (χ1) is 4.97. The summed E-state index contributed by atoms with van der Waals surface area (Å²) in [6.45, 7) is 0. The second-order valence-electron chi connectivity index (χ2n) is 3.60. The first kappa shape index (κ1) is 7.00. The van der Waals surface area contributed by atoms with Crippen LogP contribution < -0.4 is 0 Å². The van der Waals surface area contributed by atoms with Crippen molar-refractivity contribution in [1.29, 1.82) is 0 Å². The van der Waals surface area contributed by atoms with E-state index in [4.69, 9.17) is 5.11 Å². The molecular formula is C7H8F2O2. The van der Waals surface area contributed by atoms with E-state index in [0.29, 0.717) is 0 Å². The molecule has 2 aliphatic rings. The lowest BCUT2D eigenvalue weighted by Gasteiger charge is -2.32. The molecule has 4 heteroatoms. The van der Waals surface area contributed by atoms with Gasteiger partial charge in [-0.15, -0.1) is 0 Å². The summed E-state index contributed by atoms with van der Waals surface area (Å²) in [5.74, 6) is -4.00. The lowest BCUT2D eigenvalue weighted by Crippen LogP contribution is -2.35. The maximum atomic E-state index is 12.5. The SMILES string of the molecule is O=C(O)[C@H]1C[C@]2(CC2(F)F)C1. The number of hydrogen-bond donors (Lipinski definition) is 1. The molecule has 2 saturated carbocycles. The zero-order valence-corrected chi connectivity index (χ0v) is 5.81. The molecular weight excluding hydrogens is 154 g/mol. The molecule has 62 valence electrons. The summed E-state index contributed by atoms with van der Waals surface area (Å²) in [6, 6.07) is 0. The zero-order chi connectivity index (χ0) is 8.28. The van der Waals surface area contributed by atoms with Crippen molar-refractivity contribution >= 4 is 5.97 Å². The highest BCUT2D eigenvalue weighted by molar-refractivity contribution is 5.72. The molecule has 0 aromatic heterocycles. The Hall–Kier alpha value is -0.670. The van der Waals surface area contributed by atoms with Crippen LogP contribution in [0.1, 0.15) is 19.3 Å². The summed E-state index contributed by atoms with van der Waals surface area (Å²) >= 11 is 0. The zero-order valence-electron chi connectivity index (χ0n) is 5.81. The topological polar surface area (TPSA) is 37.3 Å². The summed E-state index contributed by atoms with van der Waals surface area (Å²) in [4.78, 5) is 10.3. The van der Waals surface area contributed by atoms with E-state index in [-0.39, 0.29) is 19.3 Å². The van der Waals surface area contributed by atoms with E-state index in [2.05, 4.69) is 0 Å². The molecule has 1 N–H and O–H groups in total. The predicted octanol–water partition coefficient (Wildman–Crippen LogP) is 1.51. The van der Waals surface area contributed by atoms with Crippen molar-refractivity contribution in [3.05, 3.63) is 0 Å². The van der Waals surface area contributed by atoms with E-state index < -0.39 is 23.2 Å². The van der Waals surface area contributed by atoms with Gasteiger partial charge in [-0.1, -0.05) is 0 Å². The van der Waals surface area contributed by atoms with Crippen molar-refractivity contribution in [2.75, 3.05) is 0 Å². The summed E-state index contributed by atoms with van der Waals surface area (Å²) in [5, 5.41) is 8.42. The van der Waals surface area contributed by atoms with Crippen molar-refractivity contribution in [3.8, 4) is 0 Å². The molecule has 0 radical (unpaired) electrons. The van der Waals surface area contributed by atoms with Crippen LogP contribution >= 0.6 is 0 Å². The summed E-state index contributed by atoms with van der Waals surface area (Å²) < 4.78 is 25.0. The van der Waals surface area contributed by atoms with E-state index in [1.165, 1.54) is 0 Å². The van der Waals surface area contributed by atoms with Crippen LogP contribution in [-0.4, -0.2) is 17.0 Å². The van der Waals surface area contributed by atoms with Crippen molar-refractivity contribution in [3.63, 3.8) is 0 Å². The number of aliphatic carboxylic acids is 1. The van der Waals surface area contributed by atoms with Crippen molar-refractivity contribution < 1.29 is 18.7 Å². The largest absolute Gasteiger partial charge is 0.481 e.